The summed E-state index contributed by atoms with van der Waals surface area (Å²) in [4.78, 5) is 1.04. The van der Waals surface area contributed by atoms with Gasteiger partial charge in [-0.2, -0.15) is 4.31 Å². The second-order valence-electron chi connectivity index (χ2n) is 4.40. The molecule has 0 aliphatic heterocycles. The van der Waals surface area contributed by atoms with Crippen LogP contribution in [0.1, 0.15) is 11.8 Å². The minimum atomic E-state index is -3.64. The van der Waals surface area contributed by atoms with Crippen LogP contribution in [0.15, 0.2) is 14.7 Å². The van der Waals surface area contributed by atoms with E-state index >= 15 is 0 Å². The maximum absolute atomic E-state index is 12.9. The highest BCUT2D eigenvalue weighted by Crippen LogP contribution is 2.34. The number of ether oxygens (including phenoxy) is 2. The molecule has 1 heterocycles. The Morgan fingerprint density at radius 2 is 2.10 bits per heavy atom. The Hall–Kier alpha value is 0.300. The Labute approximate surface area is 143 Å². The molecule has 0 aliphatic carbocycles. The van der Waals surface area contributed by atoms with Crippen LogP contribution in [0, 0.1) is 0 Å². The standard InChI is InChI=1S/C12H19BrClNO4S2/c1-9(8-19-3)15(4-5-18-2)21(16,17)11-6-10(7-14)20-12(11)13/h6,9H,4-5,7-8H2,1-3H3. The van der Waals surface area contributed by atoms with Crippen molar-refractivity contribution in [3.63, 3.8) is 0 Å². The van der Waals surface area contributed by atoms with E-state index < -0.39 is 10.0 Å². The van der Waals surface area contributed by atoms with Crippen LogP contribution in [0.2, 0.25) is 0 Å². The van der Waals surface area contributed by atoms with Gasteiger partial charge in [0.2, 0.25) is 10.0 Å². The molecule has 0 bridgehead atoms. The fraction of sp³-hybridized carbons (Fsp3) is 0.667. The first kappa shape index (κ1) is 19.3. The van der Waals surface area contributed by atoms with Gasteiger partial charge < -0.3 is 9.47 Å². The molecule has 1 aromatic heterocycles. The summed E-state index contributed by atoms with van der Waals surface area (Å²) in [5, 5.41) is 0. The number of methoxy groups -OCH3 is 2. The third-order valence-corrected chi connectivity index (χ3v) is 7.55. The van der Waals surface area contributed by atoms with Crippen LogP contribution in [0.4, 0.5) is 0 Å². The molecule has 1 atom stereocenters. The van der Waals surface area contributed by atoms with Crippen molar-refractivity contribution in [2.75, 3.05) is 34.0 Å². The van der Waals surface area contributed by atoms with Crippen LogP contribution in [0.25, 0.3) is 0 Å². The van der Waals surface area contributed by atoms with E-state index in [0.717, 1.165) is 4.88 Å². The fourth-order valence-corrected chi connectivity index (χ4v) is 6.17. The summed E-state index contributed by atoms with van der Waals surface area (Å²) in [6.45, 7) is 2.70. The van der Waals surface area contributed by atoms with E-state index in [1.807, 2.05) is 0 Å². The molecule has 21 heavy (non-hydrogen) atoms. The summed E-state index contributed by atoms with van der Waals surface area (Å²) in [6, 6.07) is 1.32. The van der Waals surface area contributed by atoms with Crippen molar-refractivity contribution < 1.29 is 17.9 Å². The van der Waals surface area contributed by atoms with Crippen LogP contribution in [0.5, 0.6) is 0 Å². The maximum atomic E-state index is 12.9. The molecule has 0 spiro atoms. The number of alkyl halides is 1. The zero-order valence-corrected chi connectivity index (χ0v) is 16.1. The van der Waals surface area contributed by atoms with E-state index in [1.54, 1.807) is 20.1 Å². The monoisotopic (exact) mass is 419 g/mol. The fourth-order valence-electron chi connectivity index (χ4n) is 1.85. The zero-order chi connectivity index (χ0) is 16.0. The number of thiophene rings is 1. The molecule has 0 N–H and O–H groups in total. The quantitative estimate of drug-likeness (QED) is 0.576. The van der Waals surface area contributed by atoms with Gasteiger partial charge in [-0.3, -0.25) is 0 Å². The Kier molecular flexibility index (Phi) is 8.11. The van der Waals surface area contributed by atoms with Crippen LogP contribution in [-0.2, 0) is 25.4 Å². The Balaban J connectivity index is 3.15. The van der Waals surface area contributed by atoms with Crippen molar-refractivity contribution >= 4 is 48.9 Å². The molecule has 0 fully saturated rings. The minimum Gasteiger partial charge on any atom is -0.383 e. The summed E-state index contributed by atoms with van der Waals surface area (Å²) in [5.74, 6) is 0.282. The van der Waals surface area contributed by atoms with Gasteiger partial charge in [-0.1, -0.05) is 0 Å². The minimum absolute atomic E-state index is 0.238. The molecular formula is C12H19BrClNO4S2. The predicted octanol–water partition coefficient (Wildman–Crippen LogP) is 2.92. The van der Waals surface area contributed by atoms with Gasteiger partial charge >= 0.3 is 0 Å². The highest BCUT2D eigenvalue weighted by Gasteiger charge is 2.31. The van der Waals surface area contributed by atoms with Gasteiger partial charge in [-0.05, 0) is 28.9 Å². The van der Waals surface area contributed by atoms with Gasteiger partial charge in [0.05, 0.1) is 22.9 Å². The van der Waals surface area contributed by atoms with Crippen LogP contribution in [0.3, 0.4) is 0 Å². The number of rotatable bonds is 9. The lowest BCUT2D eigenvalue weighted by atomic mass is 10.3. The lowest BCUT2D eigenvalue weighted by Gasteiger charge is -2.27. The second kappa shape index (κ2) is 8.81. The molecule has 0 radical (unpaired) electrons. The lowest BCUT2D eigenvalue weighted by Crippen LogP contribution is -2.42. The first-order chi connectivity index (χ1) is 9.88. The maximum Gasteiger partial charge on any atom is 0.245 e. The van der Waals surface area contributed by atoms with E-state index in [0.29, 0.717) is 17.0 Å². The highest BCUT2D eigenvalue weighted by molar-refractivity contribution is 9.11. The van der Waals surface area contributed by atoms with E-state index in [2.05, 4.69) is 15.9 Å². The van der Waals surface area contributed by atoms with E-state index in [1.165, 1.54) is 22.8 Å². The molecule has 1 rings (SSSR count). The molecule has 0 aromatic carbocycles. The number of hydrogen-bond donors (Lipinski definition) is 0. The molecule has 0 saturated heterocycles. The van der Waals surface area contributed by atoms with Gasteiger partial charge in [0.15, 0.2) is 0 Å². The third-order valence-electron chi connectivity index (χ3n) is 2.84. The highest BCUT2D eigenvalue weighted by atomic mass is 79.9. The number of sulfonamides is 1. The average molecular weight is 421 g/mol. The first-order valence-electron chi connectivity index (χ1n) is 6.22. The van der Waals surface area contributed by atoms with Crippen molar-refractivity contribution in [1.29, 1.82) is 0 Å². The molecule has 1 unspecified atom stereocenters. The van der Waals surface area contributed by atoms with Gasteiger partial charge in [0, 0.05) is 31.7 Å². The summed E-state index contributed by atoms with van der Waals surface area (Å²) in [6.07, 6.45) is 0. The molecule has 5 nitrogen and oxygen atoms in total. The zero-order valence-electron chi connectivity index (χ0n) is 12.1. The predicted molar refractivity (Wildman–Crippen MR) is 88.7 cm³/mol. The van der Waals surface area contributed by atoms with Crippen molar-refractivity contribution in [1.82, 2.24) is 4.31 Å². The number of halogens is 2. The number of hydrogen-bond acceptors (Lipinski definition) is 5. The van der Waals surface area contributed by atoms with Crippen LogP contribution in [-0.4, -0.2) is 52.7 Å². The topological polar surface area (TPSA) is 55.8 Å². The summed E-state index contributed by atoms with van der Waals surface area (Å²) in [7, 11) is -0.551. The van der Waals surface area contributed by atoms with E-state index in [-0.39, 0.29) is 23.4 Å². The molecular weight excluding hydrogens is 402 g/mol. The summed E-state index contributed by atoms with van der Waals surface area (Å²) >= 11 is 10.4. The van der Waals surface area contributed by atoms with Crippen molar-refractivity contribution in [3.8, 4) is 0 Å². The summed E-state index contributed by atoms with van der Waals surface area (Å²) < 4.78 is 37.7. The van der Waals surface area contributed by atoms with Gasteiger partial charge in [0.25, 0.3) is 0 Å². The van der Waals surface area contributed by atoms with Gasteiger partial charge in [-0.25, -0.2) is 8.42 Å². The molecule has 9 heteroatoms. The largest absolute Gasteiger partial charge is 0.383 e. The van der Waals surface area contributed by atoms with Gasteiger partial charge in [0.1, 0.15) is 4.90 Å². The first-order valence-corrected chi connectivity index (χ1v) is 9.80. The van der Waals surface area contributed by atoms with E-state index in [4.69, 9.17) is 21.1 Å². The average Bonchev–Trinajstić information content (AvgIpc) is 2.81. The van der Waals surface area contributed by atoms with Crippen LogP contribution >= 0.6 is 38.9 Å². The van der Waals surface area contributed by atoms with Crippen molar-refractivity contribution in [2.24, 2.45) is 0 Å². The Morgan fingerprint density at radius 3 is 2.57 bits per heavy atom. The second-order valence-corrected chi connectivity index (χ2v) is 8.98. The normalized spacial score (nSPS) is 13.8. The van der Waals surface area contributed by atoms with E-state index in [9.17, 15) is 8.42 Å². The Morgan fingerprint density at radius 1 is 1.43 bits per heavy atom. The summed E-state index contributed by atoms with van der Waals surface area (Å²) in [5.41, 5.74) is 0. The smallest absolute Gasteiger partial charge is 0.245 e. The number of nitrogens with zero attached hydrogens (tertiary/aromatic N) is 1. The van der Waals surface area contributed by atoms with Crippen LogP contribution < -0.4 is 0 Å². The SMILES string of the molecule is COCCN(C(C)COC)S(=O)(=O)c1cc(CCl)sc1Br. The molecule has 0 saturated carbocycles. The van der Waals surface area contributed by atoms with Crippen molar-refractivity contribution in [2.45, 2.75) is 23.7 Å². The molecule has 0 amide bonds. The lowest BCUT2D eigenvalue weighted by molar-refractivity contribution is 0.119. The molecule has 1 aromatic rings. The molecule has 122 valence electrons. The van der Waals surface area contributed by atoms with Crippen molar-refractivity contribution in [3.05, 3.63) is 14.7 Å². The molecule has 0 aliphatic rings. The third kappa shape index (κ3) is 4.89. The Bertz CT molecular complexity index is 549. The van der Waals surface area contributed by atoms with Gasteiger partial charge in [-0.15, -0.1) is 22.9 Å².